The van der Waals surface area contributed by atoms with Crippen LogP contribution in [0.3, 0.4) is 0 Å². The van der Waals surface area contributed by atoms with E-state index in [1.165, 1.54) is 0 Å². The van der Waals surface area contributed by atoms with Gasteiger partial charge in [0.15, 0.2) is 0 Å². The number of alkyl halides is 1. The SMILES string of the molecule is C[C@@H]1CCC(F)(CN(C)C)C1. The molecule has 1 unspecified atom stereocenters. The van der Waals surface area contributed by atoms with Crippen LogP contribution in [-0.2, 0) is 0 Å². The Kier molecular flexibility index (Phi) is 2.53. The van der Waals surface area contributed by atoms with E-state index in [2.05, 4.69) is 6.92 Å². The van der Waals surface area contributed by atoms with Gasteiger partial charge in [0.25, 0.3) is 0 Å². The molecule has 11 heavy (non-hydrogen) atoms. The molecule has 0 radical (unpaired) electrons. The Hall–Kier alpha value is -0.110. The molecule has 0 aromatic carbocycles. The van der Waals surface area contributed by atoms with Gasteiger partial charge in [-0.15, -0.1) is 0 Å². The molecule has 66 valence electrons. The minimum atomic E-state index is -0.886. The first-order valence-electron chi connectivity index (χ1n) is 4.35. The molecule has 2 heteroatoms. The van der Waals surface area contributed by atoms with Crippen molar-refractivity contribution in [2.24, 2.45) is 5.92 Å². The molecular weight excluding hydrogens is 141 g/mol. The van der Waals surface area contributed by atoms with Crippen LogP contribution < -0.4 is 0 Å². The van der Waals surface area contributed by atoms with Crippen molar-refractivity contribution >= 4 is 0 Å². The minimum Gasteiger partial charge on any atom is -0.306 e. The second-order valence-corrected chi connectivity index (χ2v) is 4.24. The van der Waals surface area contributed by atoms with Crippen molar-refractivity contribution in [1.29, 1.82) is 0 Å². The first-order chi connectivity index (χ1) is 5.02. The maximum atomic E-state index is 13.8. The Balaban J connectivity index is 2.42. The van der Waals surface area contributed by atoms with Gasteiger partial charge in [0.2, 0.25) is 0 Å². The second kappa shape index (κ2) is 3.10. The van der Waals surface area contributed by atoms with Crippen LogP contribution in [0, 0.1) is 5.92 Å². The molecule has 0 N–H and O–H groups in total. The molecule has 0 aromatic rings. The third kappa shape index (κ3) is 2.44. The van der Waals surface area contributed by atoms with Gasteiger partial charge < -0.3 is 4.90 Å². The van der Waals surface area contributed by atoms with E-state index in [4.69, 9.17) is 0 Å². The first kappa shape index (κ1) is 8.98. The van der Waals surface area contributed by atoms with E-state index in [0.29, 0.717) is 12.5 Å². The highest BCUT2D eigenvalue weighted by Gasteiger charge is 2.37. The molecule has 0 heterocycles. The summed E-state index contributed by atoms with van der Waals surface area (Å²) in [5.41, 5.74) is -0.886. The topological polar surface area (TPSA) is 3.24 Å². The van der Waals surface area contributed by atoms with Crippen molar-refractivity contribution in [1.82, 2.24) is 4.90 Å². The molecule has 0 amide bonds. The zero-order valence-electron chi connectivity index (χ0n) is 7.73. The van der Waals surface area contributed by atoms with Crippen molar-refractivity contribution in [3.63, 3.8) is 0 Å². The van der Waals surface area contributed by atoms with Crippen LogP contribution in [0.15, 0.2) is 0 Å². The van der Waals surface area contributed by atoms with E-state index in [0.717, 1.165) is 19.3 Å². The maximum absolute atomic E-state index is 13.8. The molecule has 0 spiro atoms. The summed E-state index contributed by atoms with van der Waals surface area (Å²) in [7, 11) is 3.87. The highest BCUT2D eigenvalue weighted by molar-refractivity contribution is 4.89. The molecular formula is C9H18FN. The summed E-state index contributed by atoms with van der Waals surface area (Å²) in [6.07, 6.45) is 2.57. The van der Waals surface area contributed by atoms with Crippen LogP contribution in [-0.4, -0.2) is 31.2 Å². The second-order valence-electron chi connectivity index (χ2n) is 4.24. The van der Waals surface area contributed by atoms with Gasteiger partial charge in [-0.05, 0) is 39.3 Å². The smallest absolute Gasteiger partial charge is 0.123 e. The predicted molar refractivity (Wildman–Crippen MR) is 45.4 cm³/mol. The standard InChI is InChI=1S/C9H18FN/c1-8-4-5-9(10,6-8)7-11(2)3/h8H,4-7H2,1-3H3/t8-,9?/m1/s1. The van der Waals surface area contributed by atoms with E-state index in [1.807, 2.05) is 19.0 Å². The van der Waals surface area contributed by atoms with Crippen molar-refractivity contribution in [3.8, 4) is 0 Å². The Labute approximate surface area is 68.6 Å². The average Bonchev–Trinajstić information content (AvgIpc) is 2.08. The molecule has 1 saturated carbocycles. The van der Waals surface area contributed by atoms with Gasteiger partial charge in [0.05, 0.1) is 0 Å². The quantitative estimate of drug-likeness (QED) is 0.596. The first-order valence-corrected chi connectivity index (χ1v) is 4.35. The molecule has 0 aromatic heterocycles. The van der Waals surface area contributed by atoms with Crippen molar-refractivity contribution in [2.75, 3.05) is 20.6 Å². The third-order valence-electron chi connectivity index (χ3n) is 2.40. The fourth-order valence-electron chi connectivity index (χ4n) is 2.04. The summed E-state index contributed by atoms with van der Waals surface area (Å²) >= 11 is 0. The zero-order chi connectivity index (χ0) is 8.48. The summed E-state index contributed by atoms with van der Waals surface area (Å²) in [5.74, 6) is 0.583. The number of rotatable bonds is 2. The molecule has 1 fully saturated rings. The summed E-state index contributed by atoms with van der Waals surface area (Å²) in [4.78, 5) is 1.94. The molecule has 1 rings (SSSR count). The van der Waals surface area contributed by atoms with E-state index in [9.17, 15) is 4.39 Å². The van der Waals surface area contributed by atoms with Crippen molar-refractivity contribution in [3.05, 3.63) is 0 Å². The van der Waals surface area contributed by atoms with E-state index < -0.39 is 5.67 Å². The number of hydrogen-bond acceptors (Lipinski definition) is 1. The number of hydrogen-bond donors (Lipinski definition) is 0. The third-order valence-corrected chi connectivity index (χ3v) is 2.40. The van der Waals surface area contributed by atoms with Crippen LogP contribution in [0.4, 0.5) is 4.39 Å². The summed E-state index contributed by atoms with van der Waals surface area (Å²) in [6, 6.07) is 0. The van der Waals surface area contributed by atoms with Crippen LogP contribution >= 0.6 is 0 Å². The highest BCUT2D eigenvalue weighted by Crippen LogP contribution is 2.37. The molecule has 0 saturated heterocycles. The van der Waals surface area contributed by atoms with Gasteiger partial charge in [0, 0.05) is 6.54 Å². The fourth-order valence-corrected chi connectivity index (χ4v) is 2.04. The highest BCUT2D eigenvalue weighted by atomic mass is 19.1. The van der Waals surface area contributed by atoms with Crippen LogP contribution in [0.2, 0.25) is 0 Å². The lowest BCUT2D eigenvalue weighted by Gasteiger charge is -2.23. The normalized spacial score (nSPS) is 38.5. The molecule has 2 atom stereocenters. The minimum absolute atomic E-state index is 0.583. The summed E-state index contributed by atoms with van der Waals surface area (Å²) < 4.78 is 13.8. The molecule has 1 aliphatic carbocycles. The van der Waals surface area contributed by atoms with Crippen molar-refractivity contribution in [2.45, 2.75) is 31.9 Å². The van der Waals surface area contributed by atoms with Crippen LogP contribution in [0.5, 0.6) is 0 Å². The lowest BCUT2D eigenvalue weighted by Crippen LogP contribution is -2.33. The van der Waals surface area contributed by atoms with Gasteiger partial charge in [0.1, 0.15) is 5.67 Å². The summed E-state index contributed by atoms with van der Waals surface area (Å²) in [6.45, 7) is 2.73. The number of nitrogens with zero attached hydrogens (tertiary/aromatic N) is 1. The van der Waals surface area contributed by atoms with E-state index >= 15 is 0 Å². The van der Waals surface area contributed by atoms with Gasteiger partial charge in [-0.2, -0.15) is 0 Å². The Morgan fingerprint density at radius 1 is 1.55 bits per heavy atom. The fraction of sp³-hybridized carbons (Fsp3) is 1.00. The van der Waals surface area contributed by atoms with Crippen molar-refractivity contribution < 1.29 is 4.39 Å². The van der Waals surface area contributed by atoms with Gasteiger partial charge in [-0.3, -0.25) is 0 Å². The lowest BCUT2D eigenvalue weighted by atomic mass is 10.0. The van der Waals surface area contributed by atoms with E-state index in [-0.39, 0.29) is 0 Å². The maximum Gasteiger partial charge on any atom is 0.123 e. The monoisotopic (exact) mass is 159 g/mol. The van der Waals surface area contributed by atoms with E-state index in [1.54, 1.807) is 0 Å². The largest absolute Gasteiger partial charge is 0.306 e. The lowest BCUT2D eigenvalue weighted by molar-refractivity contribution is 0.121. The van der Waals surface area contributed by atoms with Gasteiger partial charge >= 0.3 is 0 Å². The molecule has 1 aliphatic rings. The zero-order valence-corrected chi connectivity index (χ0v) is 7.73. The molecule has 0 bridgehead atoms. The average molecular weight is 159 g/mol. The molecule has 0 aliphatic heterocycles. The number of halogens is 1. The summed E-state index contributed by atoms with van der Waals surface area (Å²) in [5, 5.41) is 0. The van der Waals surface area contributed by atoms with Crippen LogP contribution in [0.1, 0.15) is 26.2 Å². The predicted octanol–water partition coefficient (Wildman–Crippen LogP) is 2.08. The Morgan fingerprint density at radius 3 is 2.55 bits per heavy atom. The Bertz CT molecular complexity index is 136. The van der Waals surface area contributed by atoms with Gasteiger partial charge in [-0.1, -0.05) is 6.92 Å². The molecule has 1 nitrogen and oxygen atoms in total. The van der Waals surface area contributed by atoms with Crippen LogP contribution in [0.25, 0.3) is 0 Å². The van der Waals surface area contributed by atoms with Gasteiger partial charge in [-0.25, -0.2) is 4.39 Å². The Morgan fingerprint density at radius 2 is 2.18 bits per heavy atom.